The summed E-state index contributed by atoms with van der Waals surface area (Å²) in [5, 5.41) is 3.03. The van der Waals surface area contributed by atoms with Crippen molar-refractivity contribution in [2.45, 2.75) is 11.8 Å². The summed E-state index contributed by atoms with van der Waals surface area (Å²) in [6.07, 6.45) is 0. The maximum atomic E-state index is 12.6. The number of para-hydroxylation sites is 1. The molecule has 0 fully saturated rings. The summed E-state index contributed by atoms with van der Waals surface area (Å²) in [5.74, 6) is -1.35. The molecule has 9 heteroatoms. The summed E-state index contributed by atoms with van der Waals surface area (Å²) >= 11 is 5.80. The lowest BCUT2D eigenvalue weighted by atomic mass is 10.2. The number of sulfonamides is 1. The first-order valence-electron chi connectivity index (χ1n) is 9.16. The average molecular weight is 459 g/mol. The second-order valence-corrected chi connectivity index (χ2v) is 8.72. The van der Waals surface area contributed by atoms with Gasteiger partial charge < -0.3 is 10.1 Å². The van der Waals surface area contributed by atoms with Crippen LogP contribution in [0.3, 0.4) is 0 Å². The smallest absolute Gasteiger partial charge is 0.340 e. The van der Waals surface area contributed by atoms with E-state index in [0.29, 0.717) is 10.7 Å². The van der Waals surface area contributed by atoms with Gasteiger partial charge in [0.05, 0.1) is 16.1 Å². The van der Waals surface area contributed by atoms with E-state index in [4.69, 9.17) is 16.3 Å². The molecule has 3 aromatic carbocycles. The molecule has 0 heterocycles. The average Bonchev–Trinajstić information content (AvgIpc) is 2.72. The zero-order valence-electron chi connectivity index (χ0n) is 16.5. The van der Waals surface area contributed by atoms with Crippen LogP contribution < -0.4 is 10.0 Å². The molecular formula is C22H19ClN2O5S. The van der Waals surface area contributed by atoms with Crippen LogP contribution in [0, 0.1) is 6.92 Å². The summed E-state index contributed by atoms with van der Waals surface area (Å²) < 4.78 is 32.7. The van der Waals surface area contributed by atoms with E-state index in [0.717, 1.165) is 5.56 Å². The number of esters is 1. The van der Waals surface area contributed by atoms with Gasteiger partial charge >= 0.3 is 5.97 Å². The van der Waals surface area contributed by atoms with E-state index in [-0.39, 0.29) is 16.1 Å². The number of ether oxygens (including phenoxy) is 1. The SMILES string of the molecule is Cc1cccc(NC(=O)COC(=O)c2ccccc2NS(=O)(=O)c2ccc(Cl)cc2)c1. The van der Waals surface area contributed by atoms with Crippen molar-refractivity contribution < 1.29 is 22.7 Å². The zero-order valence-corrected chi connectivity index (χ0v) is 18.0. The number of anilines is 2. The number of amides is 1. The fraction of sp³-hybridized carbons (Fsp3) is 0.0909. The Kier molecular flexibility index (Phi) is 6.94. The number of halogens is 1. The fourth-order valence-corrected chi connectivity index (χ4v) is 3.90. The van der Waals surface area contributed by atoms with Crippen LogP contribution in [0.5, 0.6) is 0 Å². The van der Waals surface area contributed by atoms with Crippen LogP contribution in [0.15, 0.2) is 77.7 Å². The normalized spacial score (nSPS) is 10.9. The molecule has 2 N–H and O–H groups in total. The molecule has 0 saturated heterocycles. The number of aryl methyl sites for hydroxylation is 1. The molecule has 3 rings (SSSR count). The first-order chi connectivity index (χ1) is 14.7. The Labute approximate surface area is 185 Å². The van der Waals surface area contributed by atoms with E-state index in [2.05, 4.69) is 10.0 Å². The quantitative estimate of drug-likeness (QED) is 0.515. The first kappa shape index (κ1) is 22.3. The number of rotatable bonds is 7. The van der Waals surface area contributed by atoms with E-state index in [1.165, 1.54) is 36.4 Å². The minimum absolute atomic E-state index is 0.0161. The van der Waals surface area contributed by atoms with E-state index >= 15 is 0 Å². The van der Waals surface area contributed by atoms with Crippen LogP contribution in [0.2, 0.25) is 5.02 Å². The molecule has 0 aliphatic rings. The summed E-state index contributed by atoms with van der Waals surface area (Å²) in [6, 6.07) is 18.7. The highest BCUT2D eigenvalue weighted by atomic mass is 35.5. The van der Waals surface area contributed by atoms with Gasteiger partial charge in [-0.2, -0.15) is 0 Å². The molecule has 3 aromatic rings. The van der Waals surface area contributed by atoms with Crippen LogP contribution >= 0.6 is 11.6 Å². The largest absolute Gasteiger partial charge is 0.452 e. The van der Waals surface area contributed by atoms with E-state index in [1.807, 2.05) is 13.0 Å². The Morgan fingerprint density at radius 3 is 2.39 bits per heavy atom. The molecule has 0 spiro atoms. The Hall–Kier alpha value is -3.36. The molecule has 0 aromatic heterocycles. The van der Waals surface area contributed by atoms with Crippen molar-refractivity contribution in [3.05, 3.63) is 88.9 Å². The molecule has 0 aliphatic carbocycles. The van der Waals surface area contributed by atoms with Gasteiger partial charge in [-0.3, -0.25) is 9.52 Å². The number of nitrogens with one attached hydrogen (secondary N) is 2. The molecule has 0 unspecified atom stereocenters. The molecule has 0 saturated carbocycles. The van der Waals surface area contributed by atoms with Crippen molar-refractivity contribution >= 4 is 44.9 Å². The topological polar surface area (TPSA) is 102 Å². The van der Waals surface area contributed by atoms with Crippen LogP contribution in [-0.2, 0) is 19.6 Å². The van der Waals surface area contributed by atoms with Crippen LogP contribution in [0.4, 0.5) is 11.4 Å². The second kappa shape index (κ2) is 9.63. The van der Waals surface area contributed by atoms with Gasteiger partial charge in [-0.05, 0) is 61.0 Å². The molecule has 31 heavy (non-hydrogen) atoms. The number of hydrogen-bond acceptors (Lipinski definition) is 5. The number of hydrogen-bond donors (Lipinski definition) is 2. The Bertz CT molecular complexity index is 1210. The highest BCUT2D eigenvalue weighted by Gasteiger charge is 2.20. The first-order valence-corrected chi connectivity index (χ1v) is 11.0. The Balaban J connectivity index is 1.68. The van der Waals surface area contributed by atoms with Gasteiger partial charge in [0, 0.05) is 10.7 Å². The lowest BCUT2D eigenvalue weighted by Gasteiger charge is -2.12. The van der Waals surface area contributed by atoms with Crippen molar-refractivity contribution in [3.63, 3.8) is 0 Å². The zero-order chi connectivity index (χ0) is 22.4. The molecule has 160 valence electrons. The van der Waals surface area contributed by atoms with Crippen molar-refractivity contribution in [2.24, 2.45) is 0 Å². The summed E-state index contributed by atoms with van der Waals surface area (Å²) in [6.45, 7) is 1.36. The van der Waals surface area contributed by atoms with Crippen molar-refractivity contribution in [1.82, 2.24) is 0 Å². The van der Waals surface area contributed by atoms with Crippen LogP contribution in [0.25, 0.3) is 0 Å². The molecule has 7 nitrogen and oxygen atoms in total. The second-order valence-electron chi connectivity index (χ2n) is 6.60. The van der Waals surface area contributed by atoms with Gasteiger partial charge in [0.1, 0.15) is 0 Å². The minimum atomic E-state index is -3.96. The third kappa shape index (κ3) is 6.07. The lowest BCUT2D eigenvalue weighted by molar-refractivity contribution is -0.119. The predicted molar refractivity (Wildman–Crippen MR) is 119 cm³/mol. The van der Waals surface area contributed by atoms with Gasteiger partial charge in [-0.15, -0.1) is 0 Å². The van der Waals surface area contributed by atoms with Gasteiger partial charge in [0.2, 0.25) is 0 Å². The molecule has 1 amide bonds. The molecule has 0 bridgehead atoms. The summed E-state index contributed by atoms with van der Waals surface area (Å²) in [4.78, 5) is 24.5. The fourth-order valence-electron chi connectivity index (χ4n) is 2.70. The summed E-state index contributed by atoms with van der Waals surface area (Å²) in [5.41, 5.74) is 1.55. The highest BCUT2D eigenvalue weighted by Crippen LogP contribution is 2.22. The Morgan fingerprint density at radius 2 is 1.68 bits per heavy atom. The van der Waals surface area contributed by atoms with Crippen LogP contribution in [0.1, 0.15) is 15.9 Å². The summed E-state index contributed by atoms with van der Waals surface area (Å²) in [7, 11) is -3.96. The highest BCUT2D eigenvalue weighted by molar-refractivity contribution is 7.92. The van der Waals surface area contributed by atoms with Gasteiger partial charge in [0.25, 0.3) is 15.9 Å². The molecular weight excluding hydrogens is 440 g/mol. The Morgan fingerprint density at radius 1 is 0.968 bits per heavy atom. The number of benzene rings is 3. The molecule has 0 atom stereocenters. The standard InChI is InChI=1S/C22H19ClN2O5S/c1-15-5-4-6-17(13-15)24-21(26)14-30-22(27)19-7-2-3-8-20(19)25-31(28,29)18-11-9-16(23)10-12-18/h2-13,25H,14H2,1H3,(H,24,26). The van der Waals surface area contributed by atoms with Gasteiger partial charge in [-0.25, -0.2) is 13.2 Å². The maximum absolute atomic E-state index is 12.6. The third-order valence-electron chi connectivity index (χ3n) is 4.15. The monoisotopic (exact) mass is 458 g/mol. The van der Waals surface area contributed by atoms with E-state index in [1.54, 1.807) is 30.3 Å². The van der Waals surface area contributed by atoms with Crippen molar-refractivity contribution in [3.8, 4) is 0 Å². The van der Waals surface area contributed by atoms with Gasteiger partial charge in [-0.1, -0.05) is 35.9 Å². The third-order valence-corrected chi connectivity index (χ3v) is 5.78. The number of carbonyl (C=O) groups excluding carboxylic acids is 2. The van der Waals surface area contributed by atoms with Gasteiger partial charge in [0.15, 0.2) is 6.61 Å². The lowest BCUT2D eigenvalue weighted by Crippen LogP contribution is -2.22. The minimum Gasteiger partial charge on any atom is -0.452 e. The molecule has 0 radical (unpaired) electrons. The number of carbonyl (C=O) groups is 2. The van der Waals surface area contributed by atoms with E-state index in [9.17, 15) is 18.0 Å². The predicted octanol–water partition coefficient (Wildman–Crippen LogP) is 4.24. The van der Waals surface area contributed by atoms with E-state index < -0.39 is 28.5 Å². The molecule has 0 aliphatic heterocycles. The van der Waals surface area contributed by atoms with Crippen molar-refractivity contribution in [1.29, 1.82) is 0 Å². The maximum Gasteiger partial charge on any atom is 0.340 e. The van der Waals surface area contributed by atoms with Crippen LogP contribution in [-0.4, -0.2) is 26.9 Å². The van der Waals surface area contributed by atoms with Crippen molar-refractivity contribution in [2.75, 3.05) is 16.6 Å².